The van der Waals surface area contributed by atoms with Crippen molar-refractivity contribution in [2.45, 2.75) is 13.8 Å². The second-order valence-corrected chi connectivity index (χ2v) is 4.84. The maximum atomic E-state index is 11.0. The maximum absolute atomic E-state index is 11.0. The van der Waals surface area contributed by atoms with Gasteiger partial charge in [-0.1, -0.05) is 13.5 Å². The van der Waals surface area contributed by atoms with Gasteiger partial charge in [-0.3, -0.25) is 9.35 Å². The van der Waals surface area contributed by atoms with Gasteiger partial charge in [0, 0.05) is 12.1 Å². The third kappa shape index (κ3) is 6.62. The Balaban J connectivity index is 3.92. The van der Waals surface area contributed by atoms with Crippen LogP contribution in [-0.2, 0) is 14.9 Å². The molecule has 0 saturated heterocycles. The molecular weight excluding hydrogens is 206 g/mol. The van der Waals surface area contributed by atoms with Crippen molar-refractivity contribution in [2.24, 2.45) is 5.92 Å². The Bertz CT molecular complexity index is 320. The summed E-state index contributed by atoms with van der Waals surface area (Å²) in [4.78, 5) is 11.0. The van der Waals surface area contributed by atoms with E-state index >= 15 is 0 Å². The van der Waals surface area contributed by atoms with E-state index in [1.54, 1.807) is 13.8 Å². The van der Waals surface area contributed by atoms with E-state index in [4.69, 9.17) is 4.55 Å². The van der Waals surface area contributed by atoms with E-state index < -0.39 is 10.1 Å². The van der Waals surface area contributed by atoms with E-state index in [0.717, 1.165) is 0 Å². The number of carbonyl (C=O) groups excluding carboxylic acids is 1. The van der Waals surface area contributed by atoms with E-state index in [0.29, 0.717) is 5.57 Å². The van der Waals surface area contributed by atoms with Gasteiger partial charge in [-0.25, -0.2) is 0 Å². The molecule has 1 unspecified atom stereocenters. The quantitative estimate of drug-likeness (QED) is 0.513. The first-order chi connectivity index (χ1) is 6.22. The van der Waals surface area contributed by atoms with E-state index in [2.05, 4.69) is 11.9 Å². The lowest BCUT2D eigenvalue weighted by molar-refractivity contribution is -0.117. The summed E-state index contributed by atoms with van der Waals surface area (Å²) in [6.07, 6.45) is 0. The molecular formula is C8H15NO4S. The number of hydrogen-bond acceptors (Lipinski definition) is 3. The van der Waals surface area contributed by atoms with Gasteiger partial charge in [0.15, 0.2) is 0 Å². The van der Waals surface area contributed by atoms with Crippen molar-refractivity contribution in [3.05, 3.63) is 12.2 Å². The van der Waals surface area contributed by atoms with Crippen molar-refractivity contribution in [3.8, 4) is 0 Å². The Kier molecular flexibility index (Phi) is 4.79. The molecule has 0 aromatic heterocycles. The van der Waals surface area contributed by atoms with Crippen LogP contribution in [0.4, 0.5) is 0 Å². The highest BCUT2D eigenvalue weighted by molar-refractivity contribution is 7.85. The molecule has 0 spiro atoms. The van der Waals surface area contributed by atoms with Crippen LogP contribution in [0, 0.1) is 5.92 Å². The Morgan fingerprint density at radius 3 is 2.43 bits per heavy atom. The number of rotatable bonds is 5. The molecule has 0 bridgehead atoms. The normalized spacial score (nSPS) is 13.4. The lowest BCUT2D eigenvalue weighted by Crippen LogP contribution is -2.31. The molecule has 0 saturated carbocycles. The molecule has 82 valence electrons. The SMILES string of the molecule is C=C(C)C(=O)NCC(C)CS(=O)(=O)O. The number of nitrogens with one attached hydrogen (secondary N) is 1. The fourth-order valence-corrected chi connectivity index (χ4v) is 1.67. The van der Waals surface area contributed by atoms with Gasteiger partial charge in [-0.15, -0.1) is 0 Å². The average Bonchev–Trinajstić information content (AvgIpc) is 1.96. The highest BCUT2D eigenvalue weighted by atomic mass is 32.2. The largest absolute Gasteiger partial charge is 0.352 e. The van der Waals surface area contributed by atoms with Crippen LogP contribution in [0.5, 0.6) is 0 Å². The zero-order valence-electron chi connectivity index (χ0n) is 8.28. The summed E-state index contributed by atoms with van der Waals surface area (Å²) in [5.74, 6) is -0.996. The molecule has 1 amide bonds. The summed E-state index contributed by atoms with van der Waals surface area (Å²) in [6, 6.07) is 0. The van der Waals surface area contributed by atoms with Crippen molar-refractivity contribution in [1.82, 2.24) is 5.32 Å². The molecule has 2 N–H and O–H groups in total. The van der Waals surface area contributed by atoms with Crippen LogP contribution < -0.4 is 5.32 Å². The molecule has 0 aliphatic rings. The second-order valence-electron chi connectivity index (χ2n) is 3.34. The third-order valence-electron chi connectivity index (χ3n) is 1.49. The topological polar surface area (TPSA) is 83.5 Å². The van der Waals surface area contributed by atoms with Gasteiger partial charge < -0.3 is 5.32 Å². The van der Waals surface area contributed by atoms with Crippen LogP contribution in [-0.4, -0.2) is 31.2 Å². The zero-order valence-corrected chi connectivity index (χ0v) is 9.10. The Morgan fingerprint density at radius 2 is 2.07 bits per heavy atom. The summed E-state index contributed by atoms with van der Waals surface area (Å²) in [6.45, 7) is 6.80. The summed E-state index contributed by atoms with van der Waals surface area (Å²) in [5.41, 5.74) is 0.365. The van der Waals surface area contributed by atoms with Gasteiger partial charge in [0.25, 0.3) is 10.1 Å². The van der Waals surface area contributed by atoms with Crippen LogP contribution in [0.2, 0.25) is 0 Å². The minimum atomic E-state index is -3.97. The number of carbonyl (C=O) groups is 1. The molecule has 0 fully saturated rings. The number of amides is 1. The summed E-state index contributed by atoms with van der Waals surface area (Å²) in [7, 11) is -3.97. The van der Waals surface area contributed by atoms with Crippen LogP contribution in [0.25, 0.3) is 0 Å². The van der Waals surface area contributed by atoms with Gasteiger partial charge in [0.05, 0.1) is 5.75 Å². The highest BCUT2D eigenvalue weighted by Crippen LogP contribution is 1.98. The maximum Gasteiger partial charge on any atom is 0.265 e. The summed E-state index contributed by atoms with van der Waals surface area (Å²) >= 11 is 0. The first-order valence-electron chi connectivity index (χ1n) is 4.11. The molecule has 0 aromatic rings. The van der Waals surface area contributed by atoms with E-state index in [1.807, 2.05) is 0 Å². The molecule has 1 atom stereocenters. The van der Waals surface area contributed by atoms with E-state index in [9.17, 15) is 13.2 Å². The van der Waals surface area contributed by atoms with E-state index in [-0.39, 0.29) is 24.1 Å². The molecule has 0 radical (unpaired) electrons. The van der Waals surface area contributed by atoms with Crippen LogP contribution in [0.1, 0.15) is 13.8 Å². The van der Waals surface area contributed by atoms with Crippen LogP contribution >= 0.6 is 0 Å². The summed E-state index contributed by atoms with van der Waals surface area (Å²) < 4.78 is 29.4. The molecule has 0 aliphatic heterocycles. The third-order valence-corrected chi connectivity index (χ3v) is 2.48. The van der Waals surface area contributed by atoms with Crippen molar-refractivity contribution in [1.29, 1.82) is 0 Å². The molecule has 0 aliphatic carbocycles. The van der Waals surface area contributed by atoms with Gasteiger partial charge in [-0.05, 0) is 12.8 Å². The molecule has 6 heteroatoms. The first kappa shape index (κ1) is 13.1. The van der Waals surface area contributed by atoms with Crippen molar-refractivity contribution < 1.29 is 17.8 Å². The minimum absolute atomic E-state index is 0.200. The Hall–Kier alpha value is -0.880. The molecule has 14 heavy (non-hydrogen) atoms. The predicted molar refractivity (Wildman–Crippen MR) is 53.4 cm³/mol. The lowest BCUT2D eigenvalue weighted by atomic mass is 10.2. The fraction of sp³-hybridized carbons (Fsp3) is 0.625. The monoisotopic (exact) mass is 221 g/mol. The molecule has 0 rings (SSSR count). The van der Waals surface area contributed by atoms with E-state index in [1.165, 1.54) is 0 Å². The van der Waals surface area contributed by atoms with Crippen molar-refractivity contribution in [3.63, 3.8) is 0 Å². The lowest BCUT2D eigenvalue weighted by Gasteiger charge is -2.10. The van der Waals surface area contributed by atoms with Gasteiger partial charge >= 0.3 is 0 Å². The van der Waals surface area contributed by atoms with Gasteiger partial charge in [0.2, 0.25) is 5.91 Å². The van der Waals surface area contributed by atoms with Gasteiger partial charge in [0.1, 0.15) is 0 Å². The molecule has 0 aromatic carbocycles. The predicted octanol–water partition coefficient (Wildman–Crippen LogP) is 0.203. The zero-order chi connectivity index (χ0) is 11.4. The first-order valence-corrected chi connectivity index (χ1v) is 5.72. The molecule has 5 nitrogen and oxygen atoms in total. The minimum Gasteiger partial charge on any atom is -0.352 e. The summed E-state index contributed by atoms with van der Waals surface area (Å²) in [5, 5.41) is 2.49. The number of hydrogen-bond donors (Lipinski definition) is 2. The van der Waals surface area contributed by atoms with Crippen molar-refractivity contribution in [2.75, 3.05) is 12.3 Å². The second kappa shape index (κ2) is 5.11. The van der Waals surface area contributed by atoms with Crippen LogP contribution in [0.3, 0.4) is 0 Å². The Morgan fingerprint density at radius 1 is 1.57 bits per heavy atom. The van der Waals surface area contributed by atoms with Gasteiger partial charge in [-0.2, -0.15) is 8.42 Å². The molecule has 0 heterocycles. The van der Waals surface area contributed by atoms with Crippen LogP contribution in [0.15, 0.2) is 12.2 Å². The standard InChI is InChI=1S/C8H15NO4S/c1-6(2)8(10)9-4-7(3)5-14(11,12)13/h7H,1,4-5H2,2-3H3,(H,9,10)(H,11,12,13). The average molecular weight is 221 g/mol. The Labute approximate surface area is 83.9 Å². The smallest absolute Gasteiger partial charge is 0.265 e. The van der Waals surface area contributed by atoms with Crippen molar-refractivity contribution >= 4 is 16.0 Å². The fourth-order valence-electron chi connectivity index (χ4n) is 0.836. The highest BCUT2D eigenvalue weighted by Gasteiger charge is 2.13.